The summed E-state index contributed by atoms with van der Waals surface area (Å²) in [6.07, 6.45) is 0.920. The van der Waals surface area contributed by atoms with E-state index in [1.807, 2.05) is 6.92 Å². The summed E-state index contributed by atoms with van der Waals surface area (Å²) in [5.74, 6) is -0.687. The van der Waals surface area contributed by atoms with E-state index in [0.29, 0.717) is 13.0 Å². The average molecular weight is 346 g/mol. The fraction of sp³-hybridized carbons (Fsp3) is 0.500. The van der Waals surface area contributed by atoms with Crippen molar-refractivity contribution < 1.29 is 14.0 Å². The van der Waals surface area contributed by atoms with E-state index in [9.17, 15) is 14.0 Å². The molecule has 0 aromatic heterocycles. The Hall–Kier alpha value is -2.46. The van der Waals surface area contributed by atoms with Gasteiger partial charge >= 0.3 is 0 Å². The number of hydrogen-bond acceptors (Lipinski definition) is 4. The van der Waals surface area contributed by atoms with E-state index in [-0.39, 0.29) is 36.5 Å². The normalized spacial score (nSPS) is 20.8. The van der Waals surface area contributed by atoms with Crippen molar-refractivity contribution in [2.75, 3.05) is 20.1 Å². The van der Waals surface area contributed by atoms with Crippen LogP contribution in [0, 0.1) is 23.1 Å². The SMILES string of the molecule is CC1CC(C#N)N(C(=O)CN(C)C(=O)C(N)Cc2ccc(F)cc2)C1. The molecule has 2 rings (SSSR count). The molecular formula is C18H23FN4O2. The van der Waals surface area contributed by atoms with Gasteiger partial charge in [0.05, 0.1) is 18.7 Å². The average Bonchev–Trinajstić information content (AvgIpc) is 2.97. The first-order valence-corrected chi connectivity index (χ1v) is 8.26. The third-order valence-corrected chi connectivity index (χ3v) is 4.41. The monoisotopic (exact) mass is 346 g/mol. The summed E-state index contributed by atoms with van der Waals surface area (Å²) in [4.78, 5) is 27.6. The molecular weight excluding hydrogens is 323 g/mol. The van der Waals surface area contributed by atoms with Gasteiger partial charge in [-0.15, -0.1) is 0 Å². The Labute approximate surface area is 147 Å². The fourth-order valence-corrected chi connectivity index (χ4v) is 3.06. The smallest absolute Gasteiger partial charge is 0.243 e. The van der Waals surface area contributed by atoms with Crippen LogP contribution in [0.3, 0.4) is 0 Å². The number of nitriles is 1. The minimum Gasteiger partial charge on any atom is -0.335 e. The third kappa shape index (κ3) is 4.77. The number of carbonyl (C=O) groups excluding carboxylic acids is 2. The van der Waals surface area contributed by atoms with Crippen LogP contribution in [-0.4, -0.2) is 53.8 Å². The van der Waals surface area contributed by atoms with Gasteiger partial charge in [-0.3, -0.25) is 9.59 Å². The minimum absolute atomic E-state index is 0.110. The van der Waals surface area contributed by atoms with Crippen LogP contribution in [0.15, 0.2) is 24.3 Å². The third-order valence-electron chi connectivity index (χ3n) is 4.41. The number of hydrogen-bond donors (Lipinski definition) is 1. The summed E-state index contributed by atoms with van der Waals surface area (Å²) < 4.78 is 12.9. The van der Waals surface area contributed by atoms with Gasteiger partial charge in [0.2, 0.25) is 11.8 Å². The summed E-state index contributed by atoms with van der Waals surface area (Å²) in [5.41, 5.74) is 6.68. The molecule has 1 aromatic carbocycles. The largest absolute Gasteiger partial charge is 0.335 e. The van der Waals surface area contributed by atoms with Crippen molar-refractivity contribution in [2.45, 2.75) is 31.8 Å². The summed E-state index contributed by atoms with van der Waals surface area (Å²) in [6.45, 7) is 2.41. The number of likely N-dealkylation sites (N-methyl/N-ethyl adjacent to an activating group) is 1. The van der Waals surface area contributed by atoms with E-state index < -0.39 is 12.1 Å². The van der Waals surface area contributed by atoms with Crippen molar-refractivity contribution in [3.63, 3.8) is 0 Å². The Morgan fingerprint density at radius 3 is 2.68 bits per heavy atom. The molecule has 3 atom stereocenters. The molecule has 1 fully saturated rings. The highest BCUT2D eigenvalue weighted by molar-refractivity contribution is 5.87. The van der Waals surface area contributed by atoms with Crippen LogP contribution in [-0.2, 0) is 16.0 Å². The fourth-order valence-electron chi connectivity index (χ4n) is 3.06. The van der Waals surface area contributed by atoms with Crippen molar-refractivity contribution >= 4 is 11.8 Å². The number of rotatable bonds is 5. The lowest BCUT2D eigenvalue weighted by atomic mass is 10.1. The molecule has 2 N–H and O–H groups in total. The van der Waals surface area contributed by atoms with Crippen LogP contribution in [0.1, 0.15) is 18.9 Å². The highest BCUT2D eigenvalue weighted by Gasteiger charge is 2.34. The molecule has 0 radical (unpaired) electrons. The van der Waals surface area contributed by atoms with Crippen molar-refractivity contribution in [3.8, 4) is 6.07 Å². The van der Waals surface area contributed by atoms with Gasteiger partial charge < -0.3 is 15.5 Å². The highest BCUT2D eigenvalue weighted by atomic mass is 19.1. The number of likely N-dealkylation sites (tertiary alicyclic amines) is 1. The second-order valence-corrected chi connectivity index (χ2v) is 6.66. The van der Waals surface area contributed by atoms with Gasteiger partial charge in [0.1, 0.15) is 11.9 Å². The Morgan fingerprint density at radius 1 is 1.44 bits per heavy atom. The maximum atomic E-state index is 12.9. The molecule has 3 unspecified atom stereocenters. The van der Waals surface area contributed by atoms with Crippen LogP contribution >= 0.6 is 0 Å². The summed E-state index contributed by atoms with van der Waals surface area (Å²) >= 11 is 0. The van der Waals surface area contributed by atoms with Gasteiger partial charge in [0.15, 0.2) is 0 Å². The standard InChI is InChI=1S/C18H23FN4O2/c1-12-7-15(9-20)23(10-12)17(24)11-22(2)18(25)16(21)8-13-3-5-14(19)6-4-13/h3-6,12,15-16H,7-8,10-11,21H2,1-2H3. The molecule has 25 heavy (non-hydrogen) atoms. The maximum absolute atomic E-state index is 12.9. The number of nitrogens with zero attached hydrogens (tertiary/aromatic N) is 3. The molecule has 134 valence electrons. The number of benzene rings is 1. The lowest BCUT2D eigenvalue weighted by Gasteiger charge is -2.25. The van der Waals surface area contributed by atoms with Crippen LogP contribution in [0.4, 0.5) is 4.39 Å². The lowest BCUT2D eigenvalue weighted by molar-refractivity contribution is -0.140. The summed E-state index contributed by atoms with van der Waals surface area (Å²) in [7, 11) is 1.52. The van der Waals surface area contributed by atoms with Crippen molar-refractivity contribution in [2.24, 2.45) is 11.7 Å². The van der Waals surface area contributed by atoms with Gasteiger partial charge in [-0.05, 0) is 36.5 Å². The van der Waals surface area contributed by atoms with Crippen molar-refractivity contribution in [1.82, 2.24) is 9.80 Å². The van der Waals surface area contributed by atoms with Gasteiger partial charge in [-0.25, -0.2) is 4.39 Å². The molecule has 0 saturated carbocycles. The molecule has 2 amide bonds. The molecule has 1 aliphatic rings. The second kappa shape index (κ2) is 8.08. The number of nitrogens with two attached hydrogens (primary N) is 1. The zero-order valence-electron chi connectivity index (χ0n) is 14.5. The van der Waals surface area contributed by atoms with Gasteiger partial charge in [0.25, 0.3) is 0 Å². The zero-order valence-corrected chi connectivity index (χ0v) is 14.5. The van der Waals surface area contributed by atoms with Gasteiger partial charge in [-0.2, -0.15) is 5.26 Å². The van der Waals surface area contributed by atoms with E-state index in [2.05, 4.69) is 6.07 Å². The first-order chi connectivity index (χ1) is 11.8. The predicted molar refractivity (Wildman–Crippen MR) is 90.6 cm³/mol. The molecule has 1 heterocycles. The molecule has 0 aliphatic carbocycles. The van der Waals surface area contributed by atoms with Crippen molar-refractivity contribution in [1.29, 1.82) is 5.26 Å². The van der Waals surface area contributed by atoms with Crippen LogP contribution in [0.25, 0.3) is 0 Å². The zero-order chi connectivity index (χ0) is 18.6. The molecule has 1 saturated heterocycles. The first-order valence-electron chi connectivity index (χ1n) is 8.26. The molecule has 0 spiro atoms. The topological polar surface area (TPSA) is 90.4 Å². The molecule has 0 bridgehead atoms. The second-order valence-electron chi connectivity index (χ2n) is 6.66. The maximum Gasteiger partial charge on any atom is 0.243 e. The van der Waals surface area contributed by atoms with E-state index in [1.54, 1.807) is 12.1 Å². The van der Waals surface area contributed by atoms with Crippen molar-refractivity contribution in [3.05, 3.63) is 35.6 Å². The van der Waals surface area contributed by atoms with Crippen LogP contribution < -0.4 is 5.73 Å². The Morgan fingerprint density at radius 2 is 2.08 bits per heavy atom. The number of amides is 2. The van der Waals surface area contributed by atoms with Crippen LogP contribution in [0.5, 0.6) is 0 Å². The number of carbonyl (C=O) groups is 2. The quantitative estimate of drug-likeness (QED) is 0.858. The Balaban J connectivity index is 1.91. The first kappa shape index (κ1) is 18.9. The summed E-state index contributed by atoms with van der Waals surface area (Å²) in [5, 5.41) is 9.15. The molecule has 7 heteroatoms. The van der Waals surface area contributed by atoms with Crippen LogP contribution in [0.2, 0.25) is 0 Å². The van der Waals surface area contributed by atoms with E-state index in [4.69, 9.17) is 11.0 Å². The lowest BCUT2D eigenvalue weighted by Crippen LogP contribution is -2.48. The van der Waals surface area contributed by atoms with Gasteiger partial charge in [-0.1, -0.05) is 19.1 Å². The highest BCUT2D eigenvalue weighted by Crippen LogP contribution is 2.22. The van der Waals surface area contributed by atoms with E-state index >= 15 is 0 Å². The van der Waals surface area contributed by atoms with Gasteiger partial charge in [0, 0.05) is 13.6 Å². The molecule has 6 nitrogen and oxygen atoms in total. The number of halogens is 1. The van der Waals surface area contributed by atoms with E-state index in [0.717, 1.165) is 5.56 Å². The molecule has 1 aromatic rings. The summed E-state index contributed by atoms with van der Waals surface area (Å²) in [6, 6.07) is 6.68. The predicted octanol–water partition coefficient (Wildman–Crippen LogP) is 0.914. The Kier molecular flexibility index (Phi) is 6.10. The molecule has 1 aliphatic heterocycles. The Bertz CT molecular complexity index is 671. The van der Waals surface area contributed by atoms with E-state index in [1.165, 1.54) is 29.0 Å². The minimum atomic E-state index is -0.812.